The van der Waals surface area contributed by atoms with E-state index < -0.39 is 6.10 Å². The molecule has 1 aliphatic rings. The monoisotopic (exact) mass is 291 g/mol. The number of nitrogens with two attached hydrogens (primary N) is 1. The Hall–Kier alpha value is -1.06. The van der Waals surface area contributed by atoms with Crippen LogP contribution in [0.2, 0.25) is 0 Å². The second-order valence-corrected chi connectivity index (χ2v) is 6.24. The van der Waals surface area contributed by atoms with Gasteiger partial charge in [-0.2, -0.15) is 0 Å². The highest BCUT2D eigenvalue weighted by molar-refractivity contribution is 5.30. The summed E-state index contributed by atoms with van der Waals surface area (Å²) < 4.78 is 5.94. The van der Waals surface area contributed by atoms with Crippen molar-refractivity contribution in [3.8, 4) is 5.75 Å². The van der Waals surface area contributed by atoms with Crippen molar-refractivity contribution >= 4 is 0 Å². The lowest BCUT2D eigenvalue weighted by Crippen LogP contribution is -2.21. The number of hydrogen-bond acceptors (Lipinski definition) is 3. The Bertz CT molecular complexity index is 411. The first-order valence-corrected chi connectivity index (χ1v) is 8.35. The molecule has 118 valence electrons. The van der Waals surface area contributed by atoms with E-state index in [-0.39, 0.29) is 5.92 Å². The van der Waals surface area contributed by atoms with Crippen molar-refractivity contribution < 1.29 is 9.84 Å². The van der Waals surface area contributed by atoms with Gasteiger partial charge < -0.3 is 15.6 Å². The molecule has 3 nitrogen and oxygen atoms in total. The molecule has 0 bridgehead atoms. The van der Waals surface area contributed by atoms with Gasteiger partial charge in [-0.25, -0.2) is 0 Å². The highest BCUT2D eigenvalue weighted by Gasteiger charge is 2.19. The van der Waals surface area contributed by atoms with Gasteiger partial charge in [-0.1, -0.05) is 38.3 Å². The van der Waals surface area contributed by atoms with Gasteiger partial charge in [0.25, 0.3) is 0 Å². The molecule has 0 unspecified atom stereocenters. The molecule has 1 aliphatic carbocycles. The maximum absolute atomic E-state index is 10.4. The molecular formula is C18H29NO2. The lowest BCUT2D eigenvalue weighted by atomic mass is 9.90. The minimum absolute atomic E-state index is 0.110. The van der Waals surface area contributed by atoms with E-state index in [4.69, 9.17) is 10.5 Å². The molecule has 0 saturated heterocycles. The standard InChI is InChI=1S/C18H29NO2/c1-2-15(12-19)18(20)16-9-6-10-17(11-16)21-13-14-7-4-3-5-8-14/h6,9-11,14-15,18,20H,2-5,7-8,12-13,19H2,1H3/t15-,18+/m0/s1. The predicted molar refractivity (Wildman–Crippen MR) is 86.3 cm³/mol. The molecule has 1 fully saturated rings. The highest BCUT2D eigenvalue weighted by Crippen LogP contribution is 2.28. The van der Waals surface area contributed by atoms with Crippen LogP contribution in [0.25, 0.3) is 0 Å². The summed E-state index contributed by atoms with van der Waals surface area (Å²) in [5, 5.41) is 10.4. The maximum atomic E-state index is 10.4. The fraction of sp³-hybridized carbons (Fsp3) is 0.667. The van der Waals surface area contributed by atoms with Gasteiger partial charge in [0.05, 0.1) is 12.7 Å². The van der Waals surface area contributed by atoms with Crippen LogP contribution < -0.4 is 10.5 Å². The third-order valence-electron chi connectivity index (χ3n) is 4.68. The summed E-state index contributed by atoms with van der Waals surface area (Å²) in [5.41, 5.74) is 6.64. The Kier molecular flexibility index (Phi) is 6.52. The number of benzene rings is 1. The highest BCUT2D eigenvalue weighted by atomic mass is 16.5. The summed E-state index contributed by atoms with van der Waals surface area (Å²) in [6, 6.07) is 7.85. The van der Waals surface area contributed by atoms with E-state index in [0.29, 0.717) is 12.5 Å². The van der Waals surface area contributed by atoms with Crippen molar-refractivity contribution in [2.45, 2.75) is 51.6 Å². The molecule has 3 heteroatoms. The molecule has 0 aliphatic heterocycles. The van der Waals surface area contributed by atoms with Gasteiger partial charge in [0.2, 0.25) is 0 Å². The first-order chi connectivity index (χ1) is 10.2. The first kappa shape index (κ1) is 16.3. The average molecular weight is 291 g/mol. The molecule has 2 rings (SSSR count). The Labute approximate surface area is 128 Å². The SMILES string of the molecule is CC[C@@H](CN)[C@@H](O)c1cccc(OCC2CCCCC2)c1. The summed E-state index contributed by atoms with van der Waals surface area (Å²) in [7, 11) is 0. The van der Waals surface area contributed by atoms with E-state index in [1.807, 2.05) is 24.3 Å². The van der Waals surface area contributed by atoms with Gasteiger partial charge in [-0.15, -0.1) is 0 Å². The summed E-state index contributed by atoms with van der Waals surface area (Å²) in [6.45, 7) is 3.36. The Morgan fingerprint density at radius 1 is 1.29 bits per heavy atom. The summed E-state index contributed by atoms with van der Waals surface area (Å²) in [4.78, 5) is 0. The Morgan fingerprint density at radius 3 is 2.71 bits per heavy atom. The number of rotatable bonds is 7. The van der Waals surface area contributed by atoms with Gasteiger partial charge in [0, 0.05) is 5.92 Å². The molecule has 0 amide bonds. The molecule has 1 aromatic rings. The fourth-order valence-corrected chi connectivity index (χ4v) is 3.15. The van der Waals surface area contributed by atoms with Crippen LogP contribution in [-0.2, 0) is 0 Å². The normalized spacial score (nSPS) is 19.2. The van der Waals surface area contributed by atoms with E-state index in [0.717, 1.165) is 24.3 Å². The van der Waals surface area contributed by atoms with Crippen LogP contribution in [-0.4, -0.2) is 18.3 Å². The minimum atomic E-state index is -0.502. The predicted octanol–water partition coefficient (Wildman–Crippen LogP) is 3.66. The summed E-state index contributed by atoms with van der Waals surface area (Å²) in [5.74, 6) is 1.67. The summed E-state index contributed by atoms with van der Waals surface area (Å²) >= 11 is 0. The zero-order valence-corrected chi connectivity index (χ0v) is 13.1. The van der Waals surface area contributed by atoms with Gasteiger partial charge in [0.15, 0.2) is 0 Å². The van der Waals surface area contributed by atoms with Crippen molar-refractivity contribution in [3.05, 3.63) is 29.8 Å². The van der Waals surface area contributed by atoms with Crippen molar-refractivity contribution in [1.82, 2.24) is 0 Å². The average Bonchev–Trinajstić information content (AvgIpc) is 2.55. The zero-order chi connectivity index (χ0) is 15.1. The molecule has 0 heterocycles. The number of aliphatic hydroxyl groups excluding tert-OH is 1. The first-order valence-electron chi connectivity index (χ1n) is 8.35. The number of aliphatic hydroxyl groups is 1. The van der Waals surface area contributed by atoms with Crippen LogP contribution in [0, 0.1) is 11.8 Å². The van der Waals surface area contributed by atoms with Crippen LogP contribution in [0.15, 0.2) is 24.3 Å². The smallest absolute Gasteiger partial charge is 0.119 e. The molecule has 2 atom stereocenters. The lowest BCUT2D eigenvalue weighted by molar-refractivity contribution is 0.109. The summed E-state index contributed by atoms with van der Waals surface area (Å²) in [6.07, 6.45) is 6.99. The van der Waals surface area contributed by atoms with Crippen LogP contribution >= 0.6 is 0 Å². The van der Waals surface area contributed by atoms with E-state index in [1.165, 1.54) is 32.1 Å². The molecule has 0 radical (unpaired) electrons. The van der Waals surface area contributed by atoms with Gasteiger partial charge in [0.1, 0.15) is 5.75 Å². The molecular weight excluding hydrogens is 262 g/mol. The topological polar surface area (TPSA) is 55.5 Å². The quantitative estimate of drug-likeness (QED) is 0.806. The van der Waals surface area contributed by atoms with E-state index in [2.05, 4.69) is 6.92 Å². The van der Waals surface area contributed by atoms with Gasteiger partial charge >= 0.3 is 0 Å². The van der Waals surface area contributed by atoms with Crippen LogP contribution in [0.3, 0.4) is 0 Å². The largest absolute Gasteiger partial charge is 0.493 e. The van der Waals surface area contributed by atoms with Crippen LogP contribution in [0.5, 0.6) is 5.75 Å². The molecule has 1 aromatic carbocycles. The van der Waals surface area contributed by atoms with E-state index in [1.54, 1.807) is 0 Å². The van der Waals surface area contributed by atoms with Crippen LogP contribution in [0.4, 0.5) is 0 Å². The fourth-order valence-electron chi connectivity index (χ4n) is 3.15. The van der Waals surface area contributed by atoms with Crippen molar-refractivity contribution in [1.29, 1.82) is 0 Å². The molecule has 0 aromatic heterocycles. The molecule has 21 heavy (non-hydrogen) atoms. The van der Waals surface area contributed by atoms with Crippen molar-refractivity contribution in [2.24, 2.45) is 17.6 Å². The molecule has 0 spiro atoms. The van der Waals surface area contributed by atoms with E-state index in [9.17, 15) is 5.11 Å². The zero-order valence-electron chi connectivity index (χ0n) is 13.1. The minimum Gasteiger partial charge on any atom is -0.493 e. The second kappa shape index (κ2) is 8.40. The molecule has 3 N–H and O–H groups in total. The Balaban J connectivity index is 1.93. The third-order valence-corrected chi connectivity index (χ3v) is 4.68. The van der Waals surface area contributed by atoms with E-state index >= 15 is 0 Å². The third kappa shape index (κ3) is 4.72. The maximum Gasteiger partial charge on any atom is 0.119 e. The van der Waals surface area contributed by atoms with Gasteiger partial charge in [-0.3, -0.25) is 0 Å². The number of ether oxygens (including phenoxy) is 1. The van der Waals surface area contributed by atoms with Crippen molar-refractivity contribution in [3.63, 3.8) is 0 Å². The molecule has 1 saturated carbocycles. The number of hydrogen-bond donors (Lipinski definition) is 2. The Morgan fingerprint density at radius 2 is 2.05 bits per heavy atom. The van der Waals surface area contributed by atoms with Crippen molar-refractivity contribution in [2.75, 3.05) is 13.2 Å². The van der Waals surface area contributed by atoms with Gasteiger partial charge in [-0.05, 0) is 49.4 Å². The van der Waals surface area contributed by atoms with Crippen LogP contribution in [0.1, 0.15) is 57.1 Å². The second-order valence-electron chi connectivity index (χ2n) is 6.24. The lowest BCUT2D eigenvalue weighted by Gasteiger charge is -2.23.